The molecule has 0 aliphatic carbocycles. The highest BCUT2D eigenvalue weighted by Gasteiger charge is 2.17. The van der Waals surface area contributed by atoms with Gasteiger partial charge >= 0.3 is 0 Å². The maximum absolute atomic E-state index is 12.9. The normalized spacial score (nSPS) is 10.8. The van der Waals surface area contributed by atoms with Gasteiger partial charge in [-0.15, -0.1) is 0 Å². The fraction of sp³-hybridized carbons (Fsp3) is 0.304. The van der Waals surface area contributed by atoms with E-state index in [1.54, 1.807) is 48.0 Å². The number of aromatic nitrogens is 2. The van der Waals surface area contributed by atoms with Crippen molar-refractivity contribution in [1.82, 2.24) is 14.5 Å². The molecule has 0 aliphatic heterocycles. The Hall–Kier alpha value is -2.84. The molecule has 9 heteroatoms. The van der Waals surface area contributed by atoms with Gasteiger partial charge in [0, 0.05) is 13.6 Å². The smallest absolute Gasteiger partial charge is 0.262 e. The maximum Gasteiger partial charge on any atom is 0.262 e. The summed E-state index contributed by atoms with van der Waals surface area (Å²) >= 11 is 7.26. The van der Waals surface area contributed by atoms with Gasteiger partial charge < -0.3 is 10.2 Å². The van der Waals surface area contributed by atoms with Crippen molar-refractivity contribution >= 4 is 51.8 Å². The monoisotopic (exact) mass is 472 g/mol. The summed E-state index contributed by atoms with van der Waals surface area (Å²) in [4.78, 5) is 43.8. The zero-order valence-corrected chi connectivity index (χ0v) is 19.6. The summed E-state index contributed by atoms with van der Waals surface area (Å²) in [5.41, 5.74) is 0.994. The SMILES string of the molecule is CCCCn1c(SCC(=O)N(C)CC(=O)Nc2ccccc2Cl)nc2ccccc2c1=O. The van der Waals surface area contributed by atoms with Gasteiger partial charge in [-0.1, -0.05) is 61.0 Å². The topological polar surface area (TPSA) is 84.3 Å². The van der Waals surface area contributed by atoms with E-state index in [9.17, 15) is 14.4 Å². The van der Waals surface area contributed by atoms with E-state index in [4.69, 9.17) is 11.6 Å². The molecular weight excluding hydrogens is 448 g/mol. The third kappa shape index (κ3) is 5.89. The Morgan fingerprint density at radius 1 is 1.16 bits per heavy atom. The number of nitrogens with one attached hydrogen (secondary N) is 1. The molecule has 3 aromatic rings. The van der Waals surface area contributed by atoms with Crippen molar-refractivity contribution in [3.63, 3.8) is 0 Å². The molecule has 0 aliphatic rings. The van der Waals surface area contributed by atoms with Crippen molar-refractivity contribution < 1.29 is 9.59 Å². The van der Waals surface area contributed by atoms with Gasteiger partial charge in [0.25, 0.3) is 5.56 Å². The van der Waals surface area contributed by atoms with Gasteiger partial charge in [-0.25, -0.2) is 4.98 Å². The second-order valence-electron chi connectivity index (χ2n) is 7.29. The number of thioether (sulfide) groups is 1. The predicted molar refractivity (Wildman–Crippen MR) is 129 cm³/mol. The van der Waals surface area contributed by atoms with Crippen LogP contribution in [0.2, 0.25) is 5.02 Å². The number of halogens is 1. The Morgan fingerprint density at radius 3 is 2.62 bits per heavy atom. The summed E-state index contributed by atoms with van der Waals surface area (Å²) in [6.07, 6.45) is 1.77. The van der Waals surface area contributed by atoms with Gasteiger partial charge in [0.1, 0.15) is 0 Å². The summed E-state index contributed by atoms with van der Waals surface area (Å²) < 4.78 is 1.63. The largest absolute Gasteiger partial charge is 0.336 e. The molecule has 32 heavy (non-hydrogen) atoms. The lowest BCUT2D eigenvalue weighted by molar-refractivity contribution is -0.131. The number of nitrogens with zero attached hydrogens (tertiary/aromatic N) is 3. The second-order valence-corrected chi connectivity index (χ2v) is 8.64. The Kier molecular flexibility index (Phi) is 8.30. The molecule has 0 unspecified atom stereocenters. The fourth-order valence-corrected chi connectivity index (χ4v) is 4.21. The van der Waals surface area contributed by atoms with Crippen molar-refractivity contribution in [3.8, 4) is 0 Å². The van der Waals surface area contributed by atoms with Gasteiger partial charge in [0.2, 0.25) is 11.8 Å². The van der Waals surface area contributed by atoms with Crippen LogP contribution in [0, 0.1) is 0 Å². The molecule has 3 rings (SSSR count). The molecule has 0 fully saturated rings. The van der Waals surface area contributed by atoms with Crippen LogP contribution < -0.4 is 10.9 Å². The van der Waals surface area contributed by atoms with Crippen molar-refractivity contribution in [1.29, 1.82) is 0 Å². The summed E-state index contributed by atoms with van der Waals surface area (Å²) in [7, 11) is 1.56. The molecule has 1 aromatic heterocycles. The van der Waals surface area contributed by atoms with Crippen LogP contribution in [0.4, 0.5) is 5.69 Å². The molecule has 2 amide bonds. The number of carbonyl (C=O) groups excluding carboxylic acids is 2. The Morgan fingerprint density at radius 2 is 1.88 bits per heavy atom. The van der Waals surface area contributed by atoms with Crippen LogP contribution in [0.25, 0.3) is 10.9 Å². The number of rotatable bonds is 9. The molecular formula is C23H25ClN4O3S. The van der Waals surface area contributed by atoms with Gasteiger partial charge in [0.05, 0.1) is 33.9 Å². The summed E-state index contributed by atoms with van der Waals surface area (Å²) in [6.45, 7) is 2.48. The van der Waals surface area contributed by atoms with Crippen molar-refractivity contribution in [2.45, 2.75) is 31.5 Å². The second kappa shape index (κ2) is 11.2. The van der Waals surface area contributed by atoms with Gasteiger partial charge in [-0.2, -0.15) is 0 Å². The first-order valence-corrected chi connectivity index (χ1v) is 11.7. The maximum atomic E-state index is 12.9. The summed E-state index contributed by atoms with van der Waals surface area (Å²) in [5, 5.41) is 4.20. The first-order valence-electron chi connectivity index (χ1n) is 10.3. The van der Waals surface area contributed by atoms with Crippen molar-refractivity contribution in [2.24, 2.45) is 0 Å². The van der Waals surface area contributed by atoms with Gasteiger partial charge in [0.15, 0.2) is 5.16 Å². The minimum Gasteiger partial charge on any atom is -0.336 e. The molecule has 7 nitrogen and oxygen atoms in total. The summed E-state index contributed by atoms with van der Waals surface area (Å²) in [6, 6.07) is 14.1. The molecule has 168 valence electrons. The van der Waals surface area contributed by atoms with Crippen molar-refractivity contribution in [2.75, 3.05) is 24.7 Å². The lowest BCUT2D eigenvalue weighted by Gasteiger charge is -2.18. The average molecular weight is 473 g/mol. The number of fused-ring (bicyclic) bond motifs is 1. The third-order valence-corrected chi connectivity index (χ3v) is 6.13. The lowest BCUT2D eigenvalue weighted by Crippen LogP contribution is -2.36. The van der Waals surface area contributed by atoms with Crippen LogP contribution in [0.1, 0.15) is 19.8 Å². The van der Waals surface area contributed by atoms with E-state index in [1.165, 1.54) is 16.7 Å². The Balaban J connectivity index is 1.67. The van der Waals surface area contributed by atoms with Crippen LogP contribution in [-0.4, -0.2) is 45.6 Å². The van der Waals surface area contributed by atoms with Crippen LogP contribution in [-0.2, 0) is 16.1 Å². The number of benzene rings is 2. The number of unbranched alkanes of at least 4 members (excludes halogenated alkanes) is 1. The molecule has 0 spiro atoms. The molecule has 0 atom stereocenters. The van der Waals surface area contributed by atoms with Crippen LogP contribution in [0.3, 0.4) is 0 Å². The summed E-state index contributed by atoms with van der Waals surface area (Å²) in [5.74, 6) is -0.524. The molecule has 2 aromatic carbocycles. The minimum absolute atomic E-state index is 0.0623. The number of likely N-dealkylation sites (N-methyl/N-ethyl adjacent to an activating group) is 1. The zero-order valence-electron chi connectivity index (χ0n) is 18.0. The zero-order chi connectivity index (χ0) is 23.1. The van der Waals surface area contributed by atoms with E-state index in [2.05, 4.69) is 17.2 Å². The number of amides is 2. The average Bonchev–Trinajstić information content (AvgIpc) is 2.78. The standard InChI is InChI=1S/C23H25ClN4O3S/c1-3-4-13-28-22(31)16-9-5-7-11-18(16)26-23(28)32-15-21(30)27(2)14-20(29)25-19-12-8-6-10-17(19)24/h5-12H,3-4,13-15H2,1-2H3,(H,25,29). The van der Waals surface area contributed by atoms with Crippen LogP contribution in [0.5, 0.6) is 0 Å². The Labute approximate surface area is 195 Å². The molecule has 0 saturated heterocycles. The quantitative estimate of drug-likeness (QED) is 0.375. The van der Waals surface area contributed by atoms with E-state index in [0.29, 0.717) is 33.3 Å². The van der Waals surface area contributed by atoms with Crippen LogP contribution >= 0.6 is 23.4 Å². The predicted octanol–water partition coefficient (Wildman–Crippen LogP) is 4.04. The number of hydrogen-bond donors (Lipinski definition) is 1. The minimum atomic E-state index is -0.345. The number of hydrogen-bond acceptors (Lipinski definition) is 5. The van der Waals surface area contributed by atoms with Crippen molar-refractivity contribution in [3.05, 3.63) is 63.9 Å². The van der Waals surface area contributed by atoms with Gasteiger partial charge in [-0.05, 0) is 30.7 Å². The van der Waals surface area contributed by atoms with E-state index in [0.717, 1.165) is 12.8 Å². The molecule has 0 bridgehead atoms. The fourth-order valence-electron chi connectivity index (χ4n) is 3.06. The highest BCUT2D eigenvalue weighted by atomic mass is 35.5. The Bertz CT molecular complexity index is 1180. The molecule has 1 N–H and O–H groups in total. The lowest BCUT2D eigenvalue weighted by atomic mass is 10.2. The molecule has 0 saturated carbocycles. The first-order chi connectivity index (χ1) is 15.4. The first kappa shape index (κ1) is 23.8. The van der Waals surface area contributed by atoms with Gasteiger partial charge in [-0.3, -0.25) is 19.0 Å². The van der Waals surface area contributed by atoms with E-state index in [-0.39, 0.29) is 29.7 Å². The van der Waals surface area contributed by atoms with Crippen LogP contribution in [0.15, 0.2) is 58.5 Å². The number of para-hydroxylation sites is 2. The molecule has 0 radical (unpaired) electrons. The van der Waals surface area contributed by atoms with E-state index in [1.807, 2.05) is 12.1 Å². The number of carbonyl (C=O) groups is 2. The third-order valence-electron chi connectivity index (χ3n) is 4.84. The highest BCUT2D eigenvalue weighted by molar-refractivity contribution is 7.99. The van der Waals surface area contributed by atoms with E-state index < -0.39 is 0 Å². The highest BCUT2D eigenvalue weighted by Crippen LogP contribution is 2.21. The molecule has 1 heterocycles. The van der Waals surface area contributed by atoms with E-state index >= 15 is 0 Å². The number of anilines is 1.